The van der Waals surface area contributed by atoms with Crippen molar-refractivity contribution < 1.29 is 0 Å². The number of aromatic nitrogens is 5. The zero-order valence-electron chi connectivity index (χ0n) is 18.4. The van der Waals surface area contributed by atoms with Crippen molar-refractivity contribution in [3.05, 3.63) is 97.0 Å². The lowest BCUT2D eigenvalue weighted by molar-refractivity contribution is 1.28. The largest absolute Gasteiger partial charge is 0.355 e. The van der Waals surface area contributed by atoms with E-state index in [4.69, 9.17) is 4.98 Å². The number of hydrogen-bond acceptors (Lipinski definition) is 6. The molecule has 6 aromatic rings. The third kappa shape index (κ3) is 3.91. The summed E-state index contributed by atoms with van der Waals surface area (Å²) in [6.45, 7) is 2.09. The summed E-state index contributed by atoms with van der Waals surface area (Å²) in [5.41, 5.74) is 7.67. The summed E-state index contributed by atoms with van der Waals surface area (Å²) in [7, 11) is 0. The van der Waals surface area contributed by atoms with Crippen LogP contribution in [0.25, 0.3) is 33.5 Å². The predicted octanol–water partition coefficient (Wildman–Crippen LogP) is 6.36. The van der Waals surface area contributed by atoms with Gasteiger partial charge in [-0.3, -0.25) is 9.97 Å². The highest BCUT2D eigenvalue weighted by Gasteiger charge is 2.09. The van der Waals surface area contributed by atoms with E-state index >= 15 is 0 Å². The Morgan fingerprint density at radius 2 is 1.56 bits per heavy atom. The van der Waals surface area contributed by atoms with Crippen molar-refractivity contribution in [1.82, 2.24) is 24.9 Å². The van der Waals surface area contributed by atoms with Gasteiger partial charge in [-0.15, -0.1) is 0 Å². The zero-order valence-corrected chi connectivity index (χ0v) is 18.4. The molecule has 0 aliphatic heterocycles. The predicted molar refractivity (Wildman–Crippen MR) is 137 cm³/mol. The molecular formula is C27H21N7. The molecule has 7 nitrogen and oxygen atoms in total. The van der Waals surface area contributed by atoms with Gasteiger partial charge in [-0.2, -0.15) is 0 Å². The van der Waals surface area contributed by atoms with E-state index < -0.39 is 0 Å². The molecule has 0 bridgehead atoms. The molecule has 2 aromatic carbocycles. The maximum absolute atomic E-state index is 4.70. The number of nitrogens with one attached hydrogen (secondary N) is 3. The van der Waals surface area contributed by atoms with Crippen molar-refractivity contribution >= 4 is 44.9 Å². The van der Waals surface area contributed by atoms with E-state index in [-0.39, 0.29) is 0 Å². The first-order chi connectivity index (χ1) is 16.7. The Hall–Kier alpha value is -4.78. The lowest BCUT2D eigenvalue weighted by atomic mass is 10.1. The van der Waals surface area contributed by atoms with E-state index in [0.29, 0.717) is 5.65 Å². The molecule has 7 heteroatoms. The topological polar surface area (TPSA) is 91.4 Å². The van der Waals surface area contributed by atoms with Crippen LogP contribution in [0.15, 0.2) is 91.4 Å². The number of aryl methyl sites for hydroxylation is 1. The lowest BCUT2D eigenvalue weighted by Gasteiger charge is -2.10. The van der Waals surface area contributed by atoms with E-state index in [0.717, 1.165) is 50.7 Å². The highest BCUT2D eigenvalue weighted by Crippen LogP contribution is 2.28. The van der Waals surface area contributed by atoms with E-state index in [1.165, 1.54) is 5.56 Å². The Morgan fingerprint density at radius 3 is 2.41 bits per heavy atom. The second kappa shape index (κ2) is 8.29. The summed E-state index contributed by atoms with van der Waals surface area (Å²) >= 11 is 0. The second-order valence-electron chi connectivity index (χ2n) is 8.10. The van der Waals surface area contributed by atoms with Crippen LogP contribution in [0, 0.1) is 6.92 Å². The van der Waals surface area contributed by atoms with E-state index in [2.05, 4.69) is 61.8 Å². The second-order valence-corrected chi connectivity index (χ2v) is 8.10. The summed E-state index contributed by atoms with van der Waals surface area (Å²) in [5.74, 6) is 1.51. The number of hydrogen-bond donors (Lipinski definition) is 3. The maximum Gasteiger partial charge on any atom is 0.180 e. The number of imidazole rings is 1. The van der Waals surface area contributed by atoms with Crippen LogP contribution in [0.1, 0.15) is 5.56 Å². The van der Waals surface area contributed by atoms with Gasteiger partial charge in [0.2, 0.25) is 0 Å². The zero-order chi connectivity index (χ0) is 22.9. The number of fused-ring (bicyclic) bond motifs is 2. The number of benzene rings is 2. The normalized spacial score (nSPS) is 11.1. The smallest absolute Gasteiger partial charge is 0.180 e. The van der Waals surface area contributed by atoms with Crippen LogP contribution in [0.5, 0.6) is 0 Å². The highest BCUT2D eigenvalue weighted by atomic mass is 15.1. The lowest BCUT2D eigenvalue weighted by Crippen LogP contribution is -1.93. The van der Waals surface area contributed by atoms with Gasteiger partial charge in [0, 0.05) is 46.6 Å². The first-order valence-electron chi connectivity index (χ1n) is 11.0. The van der Waals surface area contributed by atoms with Crippen molar-refractivity contribution in [2.75, 3.05) is 10.6 Å². The molecular weight excluding hydrogens is 422 g/mol. The van der Waals surface area contributed by atoms with Crippen LogP contribution in [-0.4, -0.2) is 24.9 Å². The average Bonchev–Trinajstić information content (AvgIpc) is 3.29. The quantitative estimate of drug-likeness (QED) is 0.287. The summed E-state index contributed by atoms with van der Waals surface area (Å²) in [5, 5.41) is 7.89. The van der Waals surface area contributed by atoms with Crippen molar-refractivity contribution in [2.24, 2.45) is 0 Å². The number of rotatable bonds is 5. The Morgan fingerprint density at radius 1 is 0.735 bits per heavy atom. The number of H-pyrrole nitrogens is 1. The molecule has 0 radical (unpaired) electrons. The highest BCUT2D eigenvalue weighted by molar-refractivity contribution is 5.93. The Kier molecular flexibility index (Phi) is 4.85. The number of nitrogens with zero attached hydrogens (tertiary/aromatic N) is 4. The molecule has 0 unspecified atom stereocenters. The van der Waals surface area contributed by atoms with Gasteiger partial charge in [0.05, 0.1) is 11.0 Å². The molecule has 4 heterocycles. The summed E-state index contributed by atoms with van der Waals surface area (Å²) in [4.78, 5) is 21.2. The Balaban J connectivity index is 1.25. The average molecular weight is 444 g/mol. The molecule has 0 spiro atoms. The molecule has 3 N–H and O–H groups in total. The molecule has 0 atom stereocenters. The van der Waals surface area contributed by atoms with Crippen molar-refractivity contribution in [3.8, 4) is 11.4 Å². The van der Waals surface area contributed by atoms with Gasteiger partial charge < -0.3 is 15.6 Å². The minimum absolute atomic E-state index is 0.662. The molecule has 6 rings (SSSR count). The van der Waals surface area contributed by atoms with Crippen LogP contribution >= 0.6 is 0 Å². The van der Waals surface area contributed by atoms with E-state index in [1.807, 2.05) is 54.7 Å². The maximum atomic E-state index is 4.70. The van der Waals surface area contributed by atoms with Gasteiger partial charge in [-0.1, -0.05) is 11.6 Å². The fourth-order valence-electron chi connectivity index (χ4n) is 3.92. The minimum Gasteiger partial charge on any atom is -0.355 e. The molecule has 0 aliphatic rings. The minimum atomic E-state index is 0.662. The number of aromatic amines is 1. The van der Waals surface area contributed by atoms with E-state index in [1.54, 1.807) is 12.4 Å². The fourth-order valence-corrected chi connectivity index (χ4v) is 3.92. The van der Waals surface area contributed by atoms with Gasteiger partial charge in [-0.05, 0) is 73.7 Å². The molecule has 0 aliphatic carbocycles. The van der Waals surface area contributed by atoms with Crippen molar-refractivity contribution in [2.45, 2.75) is 6.92 Å². The van der Waals surface area contributed by atoms with Crippen molar-refractivity contribution in [1.29, 1.82) is 0 Å². The van der Waals surface area contributed by atoms with Crippen molar-refractivity contribution in [3.63, 3.8) is 0 Å². The fraction of sp³-hybridized carbons (Fsp3) is 0.0370. The summed E-state index contributed by atoms with van der Waals surface area (Å²) in [6.07, 6.45) is 5.31. The molecule has 0 saturated heterocycles. The Bertz CT molecular complexity index is 1610. The molecule has 34 heavy (non-hydrogen) atoms. The van der Waals surface area contributed by atoms with Crippen LogP contribution < -0.4 is 10.6 Å². The summed E-state index contributed by atoms with van der Waals surface area (Å²) < 4.78 is 0. The third-order valence-corrected chi connectivity index (χ3v) is 5.63. The first-order valence-corrected chi connectivity index (χ1v) is 11.0. The molecule has 0 amide bonds. The van der Waals surface area contributed by atoms with E-state index in [9.17, 15) is 0 Å². The van der Waals surface area contributed by atoms with Crippen LogP contribution in [0.4, 0.5) is 22.9 Å². The van der Waals surface area contributed by atoms with Crippen LogP contribution in [0.2, 0.25) is 0 Å². The molecule has 0 saturated carbocycles. The standard InChI is InChI=1S/C27H21N7/c1-17-2-7-22-21(16-17)23(12-15-29-22)30-19-5-3-18(4-6-19)26-32-24-8-9-25(33-27(24)34-26)31-20-10-13-28-14-11-20/h2-16H,1H3,(H,29,30)(H2,28,31,32,33,34). The first kappa shape index (κ1) is 19.9. The monoisotopic (exact) mass is 443 g/mol. The van der Waals surface area contributed by atoms with Gasteiger partial charge in [0.25, 0.3) is 0 Å². The summed E-state index contributed by atoms with van der Waals surface area (Å²) in [6, 6.07) is 24.2. The molecule has 164 valence electrons. The number of pyridine rings is 3. The van der Waals surface area contributed by atoms with Gasteiger partial charge in [0.1, 0.15) is 11.6 Å². The van der Waals surface area contributed by atoms with Gasteiger partial charge in [-0.25, -0.2) is 9.97 Å². The van der Waals surface area contributed by atoms with Crippen LogP contribution in [-0.2, 0) is 0 Å². The Labute approximate surface area is 196 Å². The molecule has 4 aromatic heterocycles. The van der Waals surface area contributed by atoms with Crippen LogP contribution in [0.3, 0.4) is 0 Å². The third-order valence-electron chi connectivity index (χ3n) is 5.63. The molecule has 0 fully saturated rings. The SMILES string of the molecule is Cc1ccc2nccc(Nc3ccc(-c4nc5nc(Nc6ccncc6)ccc5[nH]4)cc3)c2c1. The number of anilines is 4. The van der Waals surface area contributed by atoms with Gasteiger partial charge >= 0.3 is 0 Å². The van der Waals surface area contributed by atoms with Gasteiger partial charge in [0.15, 0.2) is 5.65 Å².